The van der Waals surface area contributed by atoms with Crippen LogP contribution in [0.5, 0.6) is 11.6 Å². The van der Waals surface area contributed by atoms with Crippen molar-refractivity contribution in [2.75, 3.05) is 25.5 Å². The summed E-state index contributed by atoms with van der Waals surface area (Å²) in [5, 5.41) is 5.97. The number of pyridine rings is 1. The number of hydrogen-bond donors (Lipinski definition) is 2. The third-order valence-electron chi connectivity index (χ3n) is 5.24. The molecular weight excluding hydrogens is 432 g/mol. The fourth-order valence-electron chi connectivity index (χ4n) is 3.60. The Balaban J connectivity index is 1.59. The first kappa shape index (κ1) is 22.5. The van der Waals surface area contributed by atoms with Gasteiger partial charge in [-0.2, -0.15) is 4.98 Å². The number of halogens is 2. The van der Waals surface area contributed by atoms with Crippen LogP contribution in [-0.4, -0.2) is 47.2 Å². The van der Waals surface area contributed by atoms with Crippen molar-refractivity contribution in [1.82, 2.24) is 20.3 Å². The van der Waals surface area contributed by atoms with Crippen molar-refractivity contribution in [3.8, 4) is 22.9 Å². The van der Waals surface area contributed by atoms with Crippen molar-refractivity contribution in [2.24, 2.45) is 0 Å². The van der Waals surface area contributed by atoms with Gasteiger partial charge in [-0.3, -0.25) is 4.79 Å². The molecule has 2 aromatic heterocycles. The number of benzene rings is 1. The first-order chi connectivity index (χ1) is 16.1. The molecule has 172 valence electrons. The Hall–Kier alpha value is -3.66. The zero-order valence-electron chi connectivity index (χ0n) is 18.0. The first-order valence-corrected chi connectivity index (χ1v) is 10.5. The summed E-state index contributed by atoms with van der Waals surface area (Å²) < 4.78 is 40.2. The molecule has 1 aromatic carbocycles. The van der Waals surface area contributed by atoms with Crippen LogP contribution in [0.4, 0.5) is 14.5 Å². The van der Waals surface area contributed by atoms with Gasteiger partial charge in [0.15, 0.2) is 0 Å². The molecule has 1 unspecified atom stereocenters. The number of anilines is 1. The summed E-state index contributed by atoms with van der Waals surface area (Å²) in [6.07, 6.45) is 5.34. The number of amides is 1. The number of hydrogen-bond acceptors (Lipinski definition) is 7. The van der Waals surface area contributed by atoms with Gasteiger partial charge in [-0.05, 0) is 56.6 Å². The molecule has 0 spiro atoms. The van der Waals surface area contributed by atoms with Gasteiger partial charge in [-0.25, -0.2) is 18.7 Å². The van der Waals surface area contributed by atoms with Gasteiger partial charge in [-0.15, -0.1) is 0 Å². The lowest BCUT2D eigenvalue weighted by atomic mass is 10.1. The van der Waals surface area contributed by atoms with Gasteiger partial charge in [0.05, 0.1) is 18.9 Å². The van der Waals surface area contributed by atoms with Crippen LogP contribution in [0.1, 0.15) is 29.8 Å². The third kappa shape index (κ3) is 5.23. The maximum Gasteiger partial charge on any atom is 0.274 e. The average molecular weight is 455 g/mol. The van der Waals surface area contributed by atoms with Crippen LogP contribution in [0, 0.1) is 11.6 Å². The molecule has 10 heteroatoms. The first-order valence-electron chi connectivity index (χ1n) is 10.5. The van der Waals surface area contributed by atoms with E-state index in [0.717, 1.165) is 38.4 Å². The molecule has 0 aliphatic carbocycles. The minimum absolute atomic E-state index is 0.0466. The summed E-state index contributed by atoms with van der Waals surface area (Å²) in [6.45, 7) is 1.76. The molecule has 2 N–H and O–H groups in total. The van der Waals surface area contributed by atoms with Crippen molar-refractivity contribution >= 4 is 11.6 Å². The van der Waals surface area contributed by atoms with Crippen LogP contribution in [0.2, 0.25) is 0 Å². The van der Waals surface area contributed by atoms with Gasteiger partial charge in [0.2, 0.25) is 5.88 Å². The van der Waals surface area contributed by atoms with Crippen LogP contribution in [-0.2, 0) is 0 Å². The number of methoxy groups -OCH3 is 1. The molecule has 4 rings (SSSR count). The van der Waals surface area contributed by atoms with Crippen LogP contribution >= 0.6 is 0 Å². The molecule has 1 aliphatic heterocycles. The highest BCUT2D eigenvalue weighted by molar-refractivity contribution is 6.03. The molecule has 0 saturated carbocycles. The molecule has 3 heterocycles. The topological polar surface area (TPSA) is 98.3 Å². The van der Waals surface area contributed by atoms with E-state index in [2.05, 4.69) is 25.6 Å². The van der Waals surface area contributed by atoms with Gasteiger partial charge in [0, 0.05) is 0 Å². The van der Waals surface area contributed by atoms with E-state index in [-0.39, 0.29) is 40.4 Å². The average Bonchev–Trinajstić information content (AvgIpc) is 3.09. The van der Waals surface area contributed by atoms with E-state index >= 15 is 0 Å². The van der Waals surface area contributed by atoms with Gasteiger partial charge in [-0.1, -0.05) is 6.07 Å². The number of nitrogens with one attached hydrogen (secondary N) is 2. The lowest BCUT2D eigenvalue weighted by Crippen LogP contribution is -2.21. The summed E-state index contributed by atoms with van der Waals surface area (Å²) in [7, 11) is 1.34. The predicted molar refractivity (Wildman–Crippen MR) is 117 cm³/mol. The Morgan fingerprint density at radius 2 is 2.03 bits per heavy atom. The molecule has 1 atom stereocenters. The Kier molecular flexibility index (Phi) is 7.04. The van der Waals surface area contributed by atoms with Crippen LogP contribution < -0.4 is 20.1 Å². The van der Waals surface area contributed by atoms with E-state index in [1.165, 1.54) is 43.9 Å². The van der Waals surface area contributed by atoms with Gasteiger partial charge in [0.25, 0.3) is 5.91 Å². The number of nitrogens with zero attached hydrogens (tertiary/aromatic N) is 3. The zero-order chi connectivity index (χ0) is 23.2. The number of aromatic nitrogens is 3. The quantitative estimate of drug-likeness (QED) is 0.586. The molecule has 1 saturated heterocycles. The summed E-state index contributed by atoms with van der Waals surface area (Å²) >= 11 is 0. The van der Waals surface area contributed by atoms with Gasteiger partial charge >= 0.3 is 0 Å². The Morgan fingerprint density at radius 3 is 2.88 bits per heavy atom. The van der Waals surface area contributed by atoms with E-state index in [1.54, 1.807) is 0 Å². The second kappa shape index (κ2) is 10.3. The molecule has 3 aromatic rings. The SMILES string of the molecule is COc1cccc(F)c1-c1nc(C(=O)Nc2cncnc2OC2CCCNCC2)ccc1F. The molecule has 1 fully saturated rings. The summed E-state index contributed by atoms with van der Waals surface area (Å²) in [5.41, 5.74) is -0.355. The zero-order valence-corrected chi connectivity index (χ0v) is 18.0. The molecule has 33 heavy (non-hydrogen) atoms. The second-order valence-electron chi connectivity index (χ2n) is 7.46. The minimum Gasteiger partial charge on any atom is -0.496 e. The van der Waals surface area contributed by atoms with Crippen molar-refractivity contribution in [3.05, 3.63) is 60.2 Å². The van der Waals surface area contributed by atoms with Crippen molar-refractivity contribution in [3.63, 3.8) is 0 Å². The molecule has 0 radical (unpaired) electrons. The maximum atomic E-state index is 14.5. The van der Waals surface area contributed by atoms with Crippen LogP contribution in [0.3, 0.4) is 0 Å². The van der Waals surface area contributed by atoms with E-state index in [1.807, 2.05) is 0 Å². The van der Waals surface area contributed by atoms with Crippen molar-refractivity contribution < 1.29 is 23.0 Å². The van der Waals surface area contributed by atoms with Gasteiger partial charge < -0.3 is 20.1 Å². The lowest BCUT2D eigenvalue weighted by molar-refractivity contribution is 0.102. The van der Waals surface area contributed by atoms with Crippen molar-refractivity contribution in [1.29, 1.82) is 0 Å². The van der Waals surface area contributed by atoms with Crippen molar-refractivity contribution in [2.45, 2.75) is 25.4 Å². The highest BCUT2D eigenvalue weighted by atomic mass is 19.1. The molecule has 8 nitrogen and oxygen atoms in total. The second-order valence-corrected chi connectivity index (χ2v) is 7.46. The standard InChI is InChI=1S/C23H23F2N5O3/c1-32-19-6-2-5-15(24)20(19)21-16(25)7-8-17(29-21)22(31)30-18-12-27-13-28-23(18)33-14-4-3-10-26-11-9-14/h2,5-8,12-14,26H,3-4,9-11H2,1H3,(H,30,31). The monoisotopic (exact) mass is 455 g/mol. The van der Waals surface area contributed by atoms with Crippen LogP contribution in [0.15, 0.2) is 42.9 Å². The Labute approximate surface area is 189 Å². The van der Waals surface area contributed by atoms with Crippen LogP contribution in [0.25, 0.3) is 11.3 Å². The summed E-state index contributed by atoms with van der Waals surface area (Å²) in [5.74, 6) is -1.81. The normalized spacial score (nSPS) is 16.0. The smallest absolute Gasteiger partial charge is 0.274 e. The highest BCUT2D eigenvalue weighted by Gasteiger charge is 2.21. The number of carbonyl (C=O) groups excluding carboxylic acids is 1. The Morgan fingerprint density at radius 1 is 1.15 bits per heavy atom. The molecule has 1 amide bonds. The summed E-state index contributed by atoms with van der Waals surface area (Å²) in [4.78, 5) is 25.1. The minimum atomic E-state index is -0.788. The molecular formula is C23H23F2N5O3. The third-order valence-corrected chi connectivity index (χ3v) is 5.24. The maximum absolute atomic E-state index is 14.5. The fraction of sp³-hybridized carbons (Fsp3) is 0.304. The number of rotatable bonds is 6. The largest absolute Gasteiger partial charge is 0.496 e. The van der Waals surface area contributed by atoms with E-state index < -0.39 is 17.5 Å². The Bertz CT molecular complexity index is 1140. The predicted octanol–water partition coefficient (Wildman–Crippen LogP) is 3.60. The van der Waals surface area contributed by atoms with E-state index in [4.69, 9.17) is 9.47 Å². The summed E-state index contributed by atoms with van der Waals surface area (Å²) in [6, 6.07) is 6.36. The molecule has 1 aliphatic rings. The number of carbonyl (C=O) groups is 1. The number of ether oxygens (including phenoxy) is 2. The highest BCUT2D eigenvalue weighted by Crippen LogP contribution is 2.33. The van der Waals surface area contributed by atoms with Gasteiger partial charge in [0.1, 0.15) is 46.9 Å². The lowest BCUT2D eigenvalue weighted by Gasteiger charge is -2.18. The fourth-order valence-corrected chi connectivity index (χ4v) is 3.60. The van der Waals surface area contributed by atoms with E-state index in [9.17, 15) is 13.6 Å². The van der Waals surface area contributed by atoms with E-state index in [0.29, 0.717) is 0 Å². The molecule has 0 bridgehead atoms.